The van der Waals surface area contributed by atoms with Gasteiger partial charge in [0.1, 0.15) is 4.21 Å². The summed E-state index contributed by atoms with van der Waals surface area (Å²) in [6.45, 7) is 1.89. The number of nitrogens with zero attached hydrogens (tertiary/aromatic N) is 1. The second-order valence-electron chi connectivity index (χ2n) is 4.26. The van der Waals surface area contributed by atoms with Crippen LogP contribution in [-0.4, -0.2) is 20.4 Å². The highest BCUT2D eigenvalue weighted by Gasteiger charge is 2.25. The summed E-state index contributed by atoms with van der Waals surface area (Å²) >= 11 is 0.814. The maximum Gasteiger partial charge on any atom is 0.304 e. The van der Waals surface area contributed by atoms with Gasteiger partial charge in [0.25, 0.3) is 10.0 Å². The Balaban J connectivity index is 2.35. The summed E-state index contributed by atoms with van der Waals surface area (Å²) in [5, 5.41) is 13.7. The summed E-state index contributed by atoms with van der Waals surface area (Å²) in [5.41, 5.74) is 1.15. The van der Waals surface area contributed by atoms with Crippen molar-refractivity contribution in [3.8, 4) is 0 Å². The zero-order valence-electron chi connectivity index (χ0n) is 11.3. The summed E-state index contributed by atoms with van der Waals surface area (Å²) in [4.78, 5) is 10.3. The molecule has 0 saturated carbocycles. The van der Waals surface area contributed by atoms with Crippen LogP contribution in [0.25, 0.3) is 0 Å². The largest absolute Gasteiger partial charge is 0.374 e. The number of anilines is 2. The number of aryl methyl sites for hydroxylation is 1. The smallest absolute Gasteiger partial charge is 0.304 e. The Morgan fingerprint density at radius 3 is 2.33 bits per heavy atom. The first-order valence-electron chi connectivity index (χ1n) is 5.89. The Labute approximate surface area is 125 Å². The van der Waals surface area contributed by atoms with Crippen LogP contribution in [-0.2, 0) is 10.0 Å². The van der Waals surface area contributed by atoms with Crippen LogP contribution in [0.15, 0.2) is 34.5 Å². The van der Waals surface area contributed by atoms with Gasteiger partial charge in [0.15, 0.2) is 5.00 Å². The predicted molar refractivity (Wildman–Crippen MR) is 82.5 cm³/mol. The Morgan fingerprint density at radius 1 is 1.24 bits per heavy atom. The molecule has 7 nitrogen and oxygen atoms in total. The van der Waals surface area contributed by atoms with E-state index in [1.54, 1.807) is 24.3 Å². The molecule has 0 fully saturated rings. The first kappa shape index (κ1) is 15.3. The number of hydrogen-bond acceptors (Lipinski definition) is 6. The summed E-state index contributed by atoms with van der Waals surface area (Å²) in [6, 6.07) is 7.86. The highest BCUT2D eigenvalue weighted by Crippen LogP contribution is 2.37. The number of rotatable bonds is 5. The first-order valence-corrected chi connectivity index (χ1v) is 8.19. The van der Waals surface area contributed by atoms with Crippen molar-refractivity contribution < 1.29 is 13.3 Å². The molecule has 0 unspecified atom stereocenters. The molecule has 0 bridgehead atoms. The van der Waals surface area contributed by atoms with E-state index in [0.717, 1.165) is 23.0 Å². The molecule has 0 spiro atoms. The van der Waals surface area contributed by atoms with Crippen molar-refractivity contribution in [1.82, 2.24) is 0 Å². The summed E-state index contributed by atoms with van der Waals surface area (Å²) in [5.74, 6) is 0. The van der Waals surface area contributed by atoms with Gasteiger partial charge in [-0.2, -0.15) is 0 Å². The van der Waals surface area contributed by atoms with E-state index in [-0.39, 0.29) is 14.9 Å². The number of sulfonamides is 1. The average Bonchev–Trinajstić information content (AvgIpc) is 2.86. The molecule has 0 amide bonds. The molecule has 0 radical (unpaired) electrons. The van der Waals surface area contributed by atoms with Crippen LogP contribution in [0.1, 0.15) is 5.56 Å². The van der Waals surface area contributed by atoms with Crippen LogP contribution in [0.3, 0.4) is 0 Å². The Kier molecular flexibility index (Phi) is 4.14. The standard InChI is InChI=1S/C12H13N3O4S2/c1-8-3-5-9(6-4-8)14-21(18,19)11-7-10(15(16)17)12(13-2)20-11/h3-7,13-14H,1-2H3. The molecular formula is C12H13N3O4S2. The maximum absolute atomic E-state index is 12.2. The van der Waals surface area contributed by atoms with Gasteiger partial charge < -0.3 is 5.32 Å². The molecule has 2 N–H and O–H groups in total. The summed E-state index contributed by atoms with van der Waals surface area (Å²) in [7, 11) is -2.34. The fraction of sp³-hybridized carbons (Fsp3) is 0.167. The molecule has 21 heavy (non-hydrogen) atoms. The van der Waals surface area contributed by atoms with Crippen LogP contribution in [0.4, 0.5) is 16.4 Å². The molecule has 2 rings (SSSR count). The quantitative estimate of drug-likeness (QED) is 0.649. The molecule has 1 heterocycles. The highest BCUT2D eigenvalue weighted by molar-refractivity contribution is 7.94. The molecule has 0 atom stereocenters. The lowest BCUT2D eigenvalue weighted by molar-refractivity contribution is -0.383. The summed E-state index contributed by atoms with van der Waals surface area (Å²) in [6.07, 6.45) is 0. The molecule has 9 heteroatoms. The highest BCUT2D eigenvalue weighted by atomic mass is 32.2. The first-order chi connectivity index (χ1) is 9.83. The van der Waals surface area contributed by atoms with Crippen molar-refractivity contribution in [2.24, 2.45) is 0 Å². The van der Waals surface area contributed by atoms with Gasteiger partial charge in [0.2, 0.25) is 0 Å². The molecule has 0 aliphatic heterocycles. The number of nitrogens with one attached hydrogen (secondary N) is 2. The van der Waals surface area contributed by atoms with Crippen molar-refractivity contribution in [3.05, 3.63) is 46.0 Å². The monoisotopic (exact) mass is 327 g/mol. The van der Waals surface area contributed by atoms with Gasteiger partial charge in [-0.15, -0.1) is 0 Å². The number of thiophene rings is 1. The topological polar surface area (TPSA) is 101 Å². The average molecular weight is 327 g/mol. The third kappa shape index (κ3) is 3.31. The zero-order chi connectivity index (χ0) is 15.6. The van der Waals surface area contributed by atoms with Gasteiger partial charge >= 0.3 is 5.69 Å². The molecule has 1 aromatic heterocycles. The van der Waals surface area contributed by atoms with Crippen molar-refractivity contribution in [1.29, 1.82) is 0 Å². The number of benzene rings is 1. The lowest BCUT2D eigenvalue weighted by Gasteiger charge is -2.05. The summed E-state index contributed by atoms with van der Waals surface area (Å²) < 4.78 is 26.8. The minimum atomic E-state index is -3.85. The Morgan fingerprint density at radius 2 is 1.86 bits per heavy atom. The van der Waals surface area contributed by atoms with Crippen molar-refractivity contribution in [2.75, 3.05) is 17.1 Å². The zero-order valence-corrected chi connectivity index (χ0v) is 12.9. The van der Waals surface area contributed by atoms with Crippen LogP contribution in [0, 0.1) is 17.0 Å². The van der Waals surface area contributed by atoms with Gasteiger partial charge in [-0.1, -0.05) is 29.0 Å². The fourth-order valence-electron chi connectivity index (χ4n) is 1.63. The minimum absolute atomic E-state index is 0.112. The van der Waals surface area contributed by atoms with Gasteiger partial charge in [0.05, 0.1) is 4.92 Å². The number of nitro groups is 1. The van der Waals surface area contributed by atoms with E-state index in [4.69, 9.17) is 0 Å². The van der Waals surface area contributed by atoms with E-state index in [0.29, 0.717) is 5.69 Å². The molecule has 0 aliphatic rings. The van der Waals surface area contributed by atoms with Crippen LogP contribution < -0.4 is 10.0 Å². The maximum atomic E-state index is 12.2. The molecular weight excluding hydrogens is 314 g/mol. The molecule has 0 saturated heterocycles. The lowest BCUT2D eigenvalue weighted by Crippen LogP contribution is -2.11. The van der Waals surface area contributed by atoms with E-state index in [1.165, 1.54) is 7.05 Å². The molecule has 0 aliphatic carbocycles. The van der Waals surface area contributed by atoms with E-state index < -0.39 is 14.9 Å². The fourth-order valence-corrected chi connectivity index (χ4v) is 3.97. The van der Waals surface area contributed by atoms with Gasteiger partial charge in [-0.05, 0) is 19.1 Å². The second-order valence-corrected chi connectivity index (χ2v) is 7.22. The van der Waals surface area contributed by atoms with Crippen molar-refractivity contribution >= 4 is 37.7 Å². The molecule has 2 aromatic rings. The van der Waals surface area contributed by atoms with Gasteiger partial charge in [-0.3, -0.25) is 14.8 Å². The van der Waals surface area contributed by atoms with Crippen LogP contribution in [0.2, 0.25) is 0 Å². The van der Waals surface area contributed by atoms with E-state index >= 15 is 0 Å². The Bertz CT molecular complexity index is 766. The van der Waals surface area contributed by atoms with Gasteiger partial charge in [0, 0.05) is 18.8 Å². The lowest BCUT2D eigenvalue weighted by atomic mass is 10.2. The minimum Gasteiger partial charge on any atom is -0.374 e. The number of hydrogen-bond donors (Lipinski definition) is 2. The second kappa shape index (κ2) is 5.70. The van der Waals surface area contributed by atoms with E-state index in [9.17, 15) is 18.5 Å². The van der Waals surface area contributed by atoms with Crippen LogP contribution in [0.5, 0.6) is 0 Å². The van der Waals surface area contributed by atoms with Crippen molar-refractivity contribution in [2.45, 2.75) is 11.1 Å². The normalized spacial score (nSPS) is 11.1. The third-order valence-corrected chi connectivity index (χ3v) is 5.68. The van der Waals surface area contributed by atoms with Crippen molar-refractivity contribution in [3.63, 3.8) is 0 Å². The molecule has 112 valence electrons. The van der Waals surface area contributed by atoms with E-state index in [1.807, 2.05) is 6.92 Å². The predicted octanol–water partition coefficient (Wildman–Crippen LogP) is 2.81. The third-order valence-electron chi connectivity index (χ3n) is 2.68. The Hall–Kier alpha value is -2.13. The van der Waals surface area contributed by atoms with Crippen LogP contribution >= 0.6 is 11.3 Å². The molecule has 1 aromatic carbocycles. The van der Waals surface area contributed by atoms with E-state index in [2.05, 4.69) is 10.0 Å². The van der Waals surface area contributed by atoms with Gasteiger partial charge in [-0.25, -0.2) is 8.42 Å². The SMILES string of the molecule is CNc1sc(S(=O)(=O)Nc2ccc(C)cc2)cc1[N+](=O)[O-].